The molecule has 0 aliphatic heterocycles. The van der Waals surface area contributed by atoms with E-state index >= 15 is 0 Å². The molecule has 4 nitrogen and oxygen atoms in total. The molecule has 0 saturated heterocycles. The summed E-state index contributed by atoms with van der Waals surface area (Å²) in [6, 6.07) is 5.11. The van der Waals surface area contributed by atoms with E-state index in [1.807, 2.05) is 6.92 Å². The molecule has 17 heavy (non-hydrogen) atoms. The average molecular weight is 255 g/mol. The number of aliphatic hydroxyl groups excluding tert-OH is 2. The smallest absolute Gasteiger partial charge is 0.185 e. The van der Waals surface area contributed by atoms with Gasteiger partial charge in [-0.2, -0.15) is 0 Å². The zero-order chi connectivity index (χ0) is 13.0. The number of carbonyl (C=O) groups excluding carboxylic acids is 1. The van der Waals surface area contributed by atoms with E-state index in [4.69, 9.17) is 5.73 Å². The Balaban J connectivity index is 2.74. The van der Waals surface area contributed by atoms with Crippen molar-refractivity contribution in [2.45, 2.75) is 26.1 Å². The Hall–Kier alpha value is -1.04. The number of rotatable bonds is 4. The summed E-state index contributed by atoms with van der Waals surface area (Å²) in [5.74, 6) is 0.181. The Morgan fingerprint density at radius 3 is 2.65 bits per heavy atom. The molecule has 0 bridgehead atoms. The summed E-state index contributed by atoms with van der Waals surface area (Å²) in [5, 5.41) is 19.6. The lowest BCUT2D eigenvalue weighted by Gasteiger charge is -2.19. The summed E-state index contributed by atoms with van der Waals surface area (Å²) in [6.45, 7) is 3.25. The molecule has 0 aliphatic carbocycles. The van der Waals surface area contributed by atoms with Crippen molar-refractivity contribution in [3.63, 3.8) is 0 Å². The van der Waals surface area contributed by atoms with Crippen LogP contribution in [0.25, 0.3) is 0 Å². The standard InChI is InChI=1S/C12H17NO3S/c1-7-5-9(13)3-4-10(7)12(16)11(15)6-17-8(2)14/h3-5,11-12,15-16H,6,13H2,1-2H3. The van der Waals surface area contributed by atoms with Gasteiger partial charge in [-0.1, -0.05) is 17.8 Å². The van der Waals surface area contributed by atoms with Crippen LogP contribution in [0.2, 0.25) is 0 Å². The van der Waals surface area contributed by atoms with Crippen molar-refractivity contribution in [3.05, 3.63) is 29.3 Å². The molecule has 0 saturated carbocycles. The van der Waals surface area contributed by atoms with E-state index in [0.29, 0.717) is 11.3 Å². The molecule has 1 aromatic rings. The zero-order valence-corrected chi connectivity index (χ0v) is 10.7. The number of hydrogen-bond donors (Lipinski definition) is 3. The minimum absolute atomic E-state index is 0.0784. The molecular weight excluding hydrogens is 238 g/mol. The number of aryl methyl sites for hydroxylation is 1. The van der Waals surface area contributed by atoms with Gasteiger partial charge in [-0.15, -0.1) is 0 Å². The molecule has 94 valence electrons. The molecule has 1 rings (SSSR count). The van der Waals surface area contributed by atoms with Crippen molar-refractivity contribution in [2.75, 3.05) is 11.5 Å². The Kier molecular flexibility index (Phi) is 4.99. The Morgan fingerprint density at radius 2 is 2.12 bits per heavy atom. The van der Waals surface area contributed by atoms with Crippen molar-refractivity contribution in [3.8, 4) is 0 Å². The van der Waals surface area contributed by atoms with Crippen molar-refractivity contribution in [1.29, 1.82) is 0 Å². The average Bonchev–Trinajstić information content (AvgIpc) is 2.25. The van der Waals surface area contributed by atoms with Gasteiger partial charge in [0.2, 0.25) is 0 Å². The third-order valence-corrected chi connectivity index (χ3v) is 3.35. The van der Waals surface area contributed by atoms with Crippen LogP contribution in [0.1, 0.15) is 24.2 Å². The van der Waals surface area contributed by atoms with Crippen molar-refractivity contribution >= 4 is 22.6 Å². The maximum absolute atomic E-state index is 10.8. The molecule has 0 heterocycles. The lowest BCUT2D eigenvalue weighted by Crippen LogP contribution is -2.22. The molecule has 2 unspecified atom stereocenters. The quantitative estimate of drug-likeness (QED) is 0.705. The first-order valence-corrected chi connectivity index (χ1v) is 6.26. The first-order chi connectivity index (χ1) is 7.91. The fourth-order valence-electron chi connectivity index (χ4n) is 1.53. The van der Waals surface area contributed by atoms with Crippen LogP contribution in [0.4, 0.5) is 5.69 Å². The van der Waals surface area contributed by atoms with E-state index in [9.17, 15) is 15.0 Å². The predicted molar refractivity (Wildman–Crippen MR) is 69.7 cm³/mol. The largest absolute Gasteiger partial charge is 0.399 e. The number of hydrogen-bond acceptors (Lipinski definition) is 5. The summed E-state index contributed by atoms with van der Waals surface area (Å²) < 4.78 is 0. The Labute approximate surface area is 105 Å². The second-order valence-electron chi connectivity index (χ2n) is 3.93. The first-order valence-electron chi connectivity index (χ1n) is 5.27. The van der Waals surface area contributed by atoms with Crippen LogP contribution in [-0.4, -0.2) is 27.2 Å². The van der Waals surface area contributed by atoms with Gasteiger partial charge in [0.15, 0.2) is 5.12 Å². The lowest BCUT2D eigenvalue weighted by atomic mass is 10.00. The van der Waals surface area contributed by atoms with E-state index in [1.165, 1.54) is 6.92 Å². The fourth-order valence-corrected chi connectivity index (χ4v) is 2.12. The molecular formula is C12H17NO3S. The van der Waals surface area contributed by atoms with Crippen LogP contribution in [0.15, 0.2) is 18.2 Å². The molecule has 0 aromatic heterocycles. The highest BCUT2D eigenvalue weighted by atomic mass is 32.2. The van der Waals surface area contributed by atoms with Gasteiger partial charge in [-0.3, -0.25) is 4.79 Å². The summed E-state index contributed by atoms with van der Waals surface area (Å²) in [6.07, 6.45) is -1.96. The van der Waals surface area contributed by atoms with E-state index in [1.54, 1.807) is 18.2 Å². The minimum atomic E-state index is -0.998. The van der Waals surface area contributed by atoms with E-state index < -0.39 is 12.2 Å². The van der Waals surface area contributed by atoms with Crippen LogP contribution >= 0.6 is 11.8 Å². The van der Waals surface area contributed by atoms with Crippen LogP contribution in [0, 0.1) is 6.92 Å². The van der Waals surface area contributed by atoms with Crippen LogP contribution in [-0.2, 0) is 4.79 Å². The minimum Gasteiger partial charge on any atom is -0.399 e. The topological polar surface area (TPSA) is 83.5 Å². The van der Waals surface area contributed by atoms with Crippen molar-refractivity contribution in [1.82, 2.24) is 0 Å². The lowest BCUT2D eigenvalue weighted by molar-refractivity contribution is -0.109. The van der Waals surface area contributed by atoms with Crippen molar-refractivity contribution in [2.24, 2.45) is 0 Å². The Morgan fingerprint density at radius 1 is 1.47 bits per heavy atom. The van der Waals surface area contributed by atoms with Gasteiger partial charge in [0, 0.05) is 18.4 Å². The normalized spacial score (nSPS) is 14.4. The van der Waals surface area contributed by atoms with Gasteiger partial charge in [0.25, 0.3) is 0 Å². The fraction of sp³-hybridized carbons (Fsp3) is 0.417. The van der Waals surface area contributed by atoms with Gasteiger partial charge in [-0.25, -0.2) is 0 Å². The molecule has 2 atom stereocenters. The summed E-state index contributed by atoms with van der Waals surface area (Å²) >= 11 is 0.998. The summed E-state index contributed by atoms with van der Waals surface area (Å²) in [4.78, 5) is 10.8. The number of anilines is 1. The van der Waals surface area contributed by atoms with Gasteiger partial charge in [-0.05, 0) is 30.2 Å². The Bertz CT molecular complexity index is 409. The molecule has 0 spiro atoms. The first kappa shape index (κ1) is 14.0. The van der Waals surface area contributed by atoms with Gasteiger partial charge >= 0.3 is 0 Å². The second kappa shape index (κ2) is 6.05. The number of benzene rings is 1. The predicted octanol–water partition coefficient (Wildman–Crippen LogP) is 1.25. The monoisotopic (exact) mass is 255 g/mol. The molecule has 0 aliphatic rings. The van der Waals surface area contributed by atoms with Crippen LogP contribution in [0.3, 0.4) is 0 Å². The molecule has 1 aromatic carbocycles. The van der Waals surface area contributed by atoms with Crippen LogP contribution < -0.4 is 5.73 Å². The number of thioether (sulfide) groups is 1. The number of nitrogens with two attached hydrogens (primary N) is 1. The highest BCUT2D eigenvalue weighted by Crippen LogP contribution is 2.24. The third-order valence-electron chi connectivity index (χ3n) is 2.43. The number of carbonyl (C=O) groups is 1. The maximum Gasteiger partial charge on any atom is 0.185 e. The summed E-state index contributed by atoms with van der Waals surface area (Å²) in [5.41, 5.74) is 7.68. The number of aliphatic hydroxyl groups is 2. The number of nitrogen functional groups attached to an aromatic ring is 1. The third kappa shape index (κ3) is 4.03. The zero-order valence-electron chi connectivity index (χ0n) is 9.88. The van der Waals surface area contributed by atoms with E-state index in [2.05, 4.69) is 0 Å². The second-order valence-corrected chi connectivity index (χ2v) is 5.13. The van der Waals surface area contributed by atoms with E-state index in [0.717, 1.165) is 17.3 Å². The molecule has 5 heteroatoms. The molecule has 0 amide bonds. The van der Waals surface area contributed by atoms with Gasteiger partial charge < -0.3 is 15.9 Å². The highest BCUT2D eigenvalue weighted by Gasteiger charge is 2.20. The molecule has 4 N–H and O–H groups in total. The van der Waals surface area contributed by atoms with Gasteiger partial charge in [0.1, 0.15) is 6.10 Å². The van der Waals surface area contributed by atoms with Crippen LogP contribution in [0.5, 0.6) is 0 Å². The van der Waals surface area contributed by atoms with Crippen molar-refractivity contribution < 1.29 is 15.0 Å². The molecule has 0 fully saturated rings. The van der Waals surface area contributed by atoms with Gasteiger partial charge in [0.05, 0.1) is 6.10 Å². The van der Waals surface area contributed by atoms with E-state index in [-0.39, 0.29) is 10.9 Å². The molecule has 0 radical (unpaired) electrons. The summed E-state index contributed by atoms with van der Waals surface area (Å²) in [7, 11) is 0. The maximum atomic E-state index is 10.8. The highest BCUT2D eigenvalue weighted by molar-refractivity contribution is 8.13. The SMILES string of the molecule is CC(=O)SCC(O)C(O)c1ccc(N)cc1C.